The third-order valence-electron chi connectivity index (χ3n) is 1.99. The summed E-state index contributed by atoms with van der Waals surface area (Å²) in [5.41, 5.74) is -0.654. The van der Waals surface area contributed by atoms with E-state index in [2.05, 4.69) is 0 Å². The zero-order valence-corrected chi connectivity index (χ0v) is 8.98. The largest absolute Gasteiger partial charge is 0.327 e. The third-order valence-corrected chi connectivity index (χ3v) is 2.77. The van der Waals surface area contributed by atoms with Gasteiger partial charge in [0.2, 0.25) is 0 Å². The summed E-state index contributed by atoms with van der Waals surface area (Å²) in [4.78, 5) is 40.9. The lowest BCUT2D eigenvalue weighted by molar-refractivity contribution is -0.137. The van der Waals surface area contributed by atoms with Gasteiger partial charge in [-0.2, -0.15) is 5.26 Å². The van der Waals surface area contributed by atoms with Crippen molar-refractivity contribution in [1.29, 1.82) is 5.26 Å². The molecule has 0 bridgehead atoms. The van der Waals surface area contributed by atoms with Crippen LogP contribution >= 0.6 is 7.60 Å². The molecule has 16 heavy (non-hydrogen) atoms. The van der Waals surface area contributed by atoms with Crippen molar-refractivity contribution < 1.29 is 25.3 Å². The molecular weight excluding hydrogens is 235 g/mol. The summed E-state index contributed by atoms with van der Waals surface area (Å²) in [6.45, 7) is -0.976. The van der Waals surface area contributed by atoms with Crippen molar-refractivity contribution in [3.63, 3.8) is 0 Å². The minimum atomic E-state index is -4.32. The summed E-state index contributed by atoms with van der Waals surface area (Å²) in [5.74, 6) is -1.72. The summed E-state index contributed by atoms with van der Waals surface area (Å²) < 4.78 is 17.7. The van der Waals surface area contributed by atoms with Crippen LogP contribution in [-0.2, 0) is 14.2 Å². The van der Waals surface area contributed by atoms with Gasteiger partial charge in [-0.25, -0.2) is 0 Å². The van der Waals surface area contributed by atoms with Crippen molar-refractivity contribution >= 4 is 19.4 Å². The fraction of sp³-hybridized carbons (Fsp3) is 0.375. The topological polar surface area (TPSA) is 119 Å². The SMILES string of the molecule is [2H]CC1=C(C#N)C(=O)N(CCP(=O)(O)O)C1=O. The maximum atomic E-state index is 11.6. The van der Waals surface area contributed by atoms with E-state index in [9.17, 15) is 14.2 Å². The Kier molecular flexibility index (Phi) is 2.88. The first kappa shape index (κ1) is 11.0. The first-order chi connectivity index (χ1) is 7.81. The Balaban J connectivity index is 2.89. The van der Waals surface area contributed by atoms with Gasteiger partial charge in [-0.05, 0) is 6.90 Å². The van der Waals surface area contributed by atoms with Crippen molar-refractivity contribution in [3.05, 3.63) is 11.1 Å². The number of carbonyl (C=O) groups is 2. The first-order valence-electron chi connectivity index (χ1n) is 4.85. The van der Waals surface area contributed by atoms with Gasteiger partial charge in [-0.15, -0.1) is 0 Å². The van der Waals surface area contributed by atoms with Gasteiger partial charge in [0.05, 0.1) is 6.16 Å². The number of imide groups is 1. The Morgan fingerprint density at radius 2 is 2.12 bits per heavy atom. The van der Waals surface area contributed by atoms with Crippen molar-refractivity contribution in [2.24, 2.45) is 0 Å². The standard InChI is InChI=1S/C8H9N2O5P/c1-5-6(4-9)8(12)10(7(5)11)2-3-16(13,14)15/h2-3H2,1H3,(H2,13,14,15)/i1D. The van der Waals surface area contributed by atoms with Crippen LogP contribution in [0.2, 0.25) is 0 Å². The highest BCUT2D eigenvalue weighted by molar-refractivity contribution is 7.51. The average Bonchev–Trinajstić information content (AvgIpc) is 2.45. The van der Waals surface area contributed by atoms with E-state index in [1.165, 1.54) is 6.07 Å². The second-order valence-electron chi connectivity index (χ2n) is 3.12. The highest BCUT2D eigenvalue weighted by atomic mass is 31.2. The van der Waals surface area contributed by atoms with Crippen LogP contribution < -0.4 is 0 Å². The molecule has 1 rings (SSSR count). The second-order valence-corrected chi connectivity index (χ2v) is 4.89. The minimum absolute atomic E-state index is 0.233. The Bertz CT molecular complexity index is 489. The van der Waals surface area contributed by atoms with Crippen LogP contribution in [-0.4, -0.2) is 39.2 Å². The number of hydrogen-bond acceptors (Lipinski definition) is 4. The van der Waals surface area contributed by atoms with Crippen LogP contribution in [0.3, 0.4) is 0 Å². The summed E-state index contributed by atoms with van der Waals surface area (Å²) in [6, 6.07) is 1.53. The molecule has 0 spiro atoms. The minimum Gasteiger partial charge on any atom is -0.324 e. The number of rotatable bonds is 3. The second kappa shape index (κ2) is 4.18. The molecule has 0 aliphatic carbocycles. The van der Waals surface area contributed by atoms with E-state index in [-0.39, 0.29) is 5.57 Å². The van der Waals surface area contributed by atoms with Crippen molar-refractivity contribution in [1.82, 2.24) is 4.90 Å². The number of hydrogen-bond donors (Lipinski definition) is 2. The van der Waals surface area contributed by atoms with E-state index in [0.717, 1.165) is 0 Å². The third kappa shape index (κ3) is 2.36. The number of carbonyl (C=O) groups excluding carboxylic acids is 2. The van der Waals surface area contributed by atoms with Crippen LogP contribution in [0.4, 0.5) is 0 Å². The predicted molar refractivity (Wildman–Crippen MR) is 51.9 cm³/mol. The quantitative estimate of drug-likeness (QED) is 0.504. The van der Waals surface area contributed by atoms with Crippen molar-refractivity contribution in [3.8, 4) is 6.07 Å². The maximum Gasteiger partial charge on any atom is 0.327 e. The molecule has 2 amide bonds. The van der Waals surface area contributed by atoms with E-state index in [0.29, 0.717) is 4.90 Å². The highest BCUT2D eigenvalue weighted by Gasteiger charge is 2.36. The Morgan fingerprint density at radius 3 is 2.50 bits per heavy atom. The lowest BCUT2D eigenvalue weighted by atomic mass is 10.2. The number of amides is 2. The molecule has 0 aromatic heterocycles. The lowest BCUT2D eigenvalue weighted by Crippen LogP contribution is -2.34. The zero-order chi connectivity index (χ0) is 13.2. The molecule has 0 fully saturated rings. The van der Waals surface area contributed by atoms with Gasteiger partial charge in [-0.3, -0.25) is 19.1 Å². The Morgan fingerprint density at radius 1 is 1.50 bits per heavy atom. The van der Waals surface area contributed by atoms with Gasteiger partial charge in [-0.1, -0.05) is 0 Å². The molecule has 1 aliphatic heterocycles. The molecule has 0 radical (unpaired) electrons. The molecule has 7 nitrogen and oxygen atoms in total. The van der Waals surface area contributed by atoms with Gasteiger partial charge in [0.25, 0.3) is 11.8 Å². The predicted octanol–water partition coefficient (Wildman–Crippen LogP) is -0.627. The molecule has 0 unspecified atom stereocenters. The molecule has 0 saturated carbocycles. The monoisotopic (exact) mass is 245 g/mol. The molecule has 86 valence electrons. The smallest absolute Gasteiger partial charge is 0.324 e. The van der Waals surface area contributed by atoms with E-state index in [4.69, 9.17) is 16.4 Å². The summed E-state index contributed by atoms with van der Waals surface area (Å²) >= 11 is 0. The van der Waals surface area contributed by atoms with Crippen LogP contribution in [0.1, 0.15) is 8.27 Å². The highest BCUT2D eigenvalue weighted by Crippen LogP contribution is 2.34. The number of nitriles is 1. The van der Waals surface area contributed by atoms with Crippen LogP contribution in [0.25, 0.3) is 0 Å². The van der Waals surface area contributed by atoms with Gasteiger partial charge >= 0.3 is 7.60 Å². The Hall–Kier alpha value is -1.48. The molecule has 0 aromatic carbocycles. The molecule has 2 N–H and O–H groups in total. The van der Waals surface area contributed by atoms with Gasteiger partial charge < -0.3 is 9.79 Å². The van der Waals surface area contributed by atoms with Crippen LogP contribution in [0, 0.1) is 11.3 Å². The molecule has 0 atom stereocenters. The van der Waals surface area contributed by atoms with E-state index in [1.807, 2.05) is 0 Å². The van der Waals surface area contributed by atoms with E-state index in [1.54, 1.807) is 0 Å². The van der Waals surface area contributed by atoms with Crippen molar-refractivity contribution in [2.45, 2.75) is 6.90 Å². The molecular formula is C8H9N2O5P. The molecule has 8 heteroatoms. The zero-order valence-electron chi connectivity index (χ0n) is 9.08. The van der Waals surface area contributed by atoms with Crippen LogP contribution in [0.5, 0.6) is 0 Å². The molecule has 1 heterocycles. The lowest BCUT2D eigenvalue weighted by Gasteiger charge is -2.14. The average molecular weight is 245 g/mol. The number of nitrogens with zero attached hydrogens (tertiary/aromatic N) is 2. The van der Waals surface area contributed by atoms with Gasteiger partial charge in [0.15, 0.2) is 0 Å². The van der Waals surface area contributed by atoms with E-state index < -0.39 is 44.6 Å². The van der Waals surface area contributed by atoms with E-state index >= 15 is 0 Å². The molecule has 0 saturated heterocycles. The van der Waals surface area contributed by atoms with Gasteiger partial charge in [0.1, 0.15) is 11.6 Å². The van der Waals surface area contributed by atoms with Crippen molar-refractivity contribution in [2.75, 3.05) is 12.7 Å². The summed E-state index contributed by atoms with van der Waals surface area (Å²) in [6.07, 6.45) is -0.658. The fourth-order valence-corrected chi connectivity index (χ4v) is 1.64. The maximum absolute atomic E-state index is 11.6. The summed E-state index contributed by atoms with van der Waals surface area (Å²) in [7, 11) is -4.32. The van der Waals surface area contributed by atoms with Gasteiger partial charge in [0, 0.05) is 13.5 Å². The normalized spacial score (nSPS) is 17.8. The fourth-order valence-electron chi connectivity index (χ4n) is 1.17. The first-order valence-corrected chi connectivity index (χ1v) is 5.95. The van der Waals surface area contributed by atoms with Crippen LogP contribution in [0.15, 0.2) is 11.1 Å². The summed E-state index contributed by atoms with van der Waals surface area (Å²) in [5, 5.41) is 8.66. The molecule has 1 aliphatic rings. The Labute approximate surface area is 92.5 Å². The molecule has 0 aromatic rings.